The molecule has 1 aliphatic rings. The molecule has 1 heteroatoms. The van der Waals surface area contributed by atoms with E-state index in [4.69, 9.17) is 4.42 Å². The zero-order chi connectivity index (χ0) is 45.9. The number of hydrogen-bond acceptors (Lipinski definition) is 1. The zero-order valence-electron chi connectivity index (χ0n) is 38.2. The van der Waals surface area contributed by atoms with Gasteiger partial charge in [0.05, 0.1) is 5.41 Å². The summed E-state index contributed by atoms with van der Waals surface area (Å²) < 4.78 is 6.30. The van der Waals surface area contributed by atoms with Gasteiger partial charge >= 0.3 is 0 Å². The smallest absolute Gasteiger partial charge is 0.135 e. The van der Waals surface area contributed by atoms with Gasteiger partial charge in [-0.2, -0.15) is 0 Å². The molecule has 0 fully saturated rings. The molecule has 1 nitrogen and oxygen atoms in total. The minimum Gasteiger partial charge on any atom is -0.456 e. The minimum atomic E-state index is -0.624. The number of benzene rings is 13. The van der Waals surface area contributed by atoms with E-state index in [0.29, 0.717) is 0 Å². The van der Waals surface area contributed by atoms with Crippen LogP contribution in [0, 0.1) is 0 Å². The maximum Gasteiger partial charge on any atom is 0.135 e. The summed E-state index contributed by atoms with van der Waals surface area (Å²) in [4.78, 5) is 0. The quantitative estimate of drug-likeness (QED) is 0.124. The maximum atomic E-state index is 6.30. The second kappa shape index (κ2) is 15.0. The van der Waals surface area contributed by atoms with Gasteiger partial charge in [0.2, 0.25) is 0 Å². The highest BCUT2D eigenvalue weighted by molar-refractivity contribution is 6.25. The van der Waals surface area contributed by atoms with Crippen LogP contribution in [0.2, 0.25) is 0 Å². The highest BCUT2D eigenvalue weighted by atomic mass is 16.3. The van der Waals surface area contributed by atoms with E-state index < -0.39 is 5.41 Å². The van der Waals surface area contributed by atoms with E-state index in [0.717, 1.165) is 21.9 Å². The molecule has 0 radical (unpaired) electrons. The number of fused-ring (bicyclic) bond motifs is 15. The van der Waals surface area contributed by atoms with Gasteiger partial charge in [0.1, 0.15) is 11.2 Å². The molecule has 15 rings (SSSR count). The van der Waals surface area contributed by atoms with Gasteiger partial charge in [-0.05, 0) is 151 Å². The molecule has 324 valence electrons. The molecule has 0 amide bonds. The molecule has 0 bridgehead atoms. The van der Waals surface area contributed by atoms with E-state index in [9.17, 15) is 0 Å². The normalized spacial score (nSPS) is 13.0. The monoisotopic (exact) mass is 886 g/mol. The summed E-state index contributed by atoms with van der Waals surface area (Å²) in [7, 11) is 0. The first-order valence-electron chi connectivity index (χ1n) is 24.3. The zero-order valence-corrected chi connectivity index (χ0v) is 38.2. The van der Waals surface area contributed by atoms with E-state index in [-0.39, 0.29) is 0 Å². The molecule has 0 atom stereocenters. The lowest BCUT2D eigenvalue weighted by molar-refractivity contribution is 0.669. The van der Waals surface area contributed by atoms with Crippen molar-refractivity contribution in [1.82, 2.24) is 0 Å². The average molecular weight is 887 g/mol. The van der Waals surface area contributed by atoms with E-state index in [1.54, 1.807) is 0 Å². The van der Waals surface area contributed by atoms with Crippen LogP contribution < -0.4 is 0 Å². The minimum absolute atomic E-state index is 0.624. The van der Waals surface area contributed by atoms with Gasteiger partial charge in [0.25, 0.3) is 0 Å². The second-order valence-corrected chi connectivity index (χ2v) is 18.9. The number of rotatable bonds is 5. The molecule has 0 saturated carbocycles. The molecule has 1 aliphatic carbocycles. The molecule has 0 spiro atoms. The third-order valence-electron chi connectivity index (χ3n) is 15.5. The fourth-order valence-electron chi connectivity index (χ4n) is 12.7. The highest BCUT2D eigenvalue weighted by Crippen LogP contribution is 2.62. The molecule has 70 heavy (non-hydrogen) atoms. The van der Waals surface area contributed by atoms with Gasteiger partial charge in [-0.1, -0.05) is 224 Å². The van der Waals surface area contributed by atoms with Gasteiger partial charge in [0.15, 0.2) is 0 Å². The van der Waals surface area contributed by atoms with Crippen LogP contribution in [0.1, 0.15) is 22.3 Å². The van der Waals surface area contributed by atoms with E-state index in [2.05, 4.69) is 249 Å². The Bertz CT molecular complexity index is 4360. The lowest BCUT2D eigenvalue weighted by Crippen LogP contribution is -2.29. The maximum absolute atomic E-state index is 6.30. The fourth-order valence-corrected chi connectivity index (χ4v) is 12.7. The first-order chi connectivity index (χ1) is 34.8. The SMILES string of the molecule is c1ccc(C2(c3ccccc3)c3cc(-c4cccc(-c5c6ccccc6c(-c6ccc7oc8ccccc8c7c6)c6ccccc56)c4)c4ccccc4c3-c3c2c2ccccc2c2ccccc32)cc1. The van der Waals surface area contributed by atoms with Gasteiger partial charge in [-0.3, -0.25) is 0 Å². The first kappa shape index (κ1) is 39.0. The molecule has 13 aromatic carbocycles. The van der Waals surface area contributed by atoms with Crippen LogP contribution in [-0.2, 0) is 5.41 Å². The Balaban J connectivity index is 1.02. The molecule has 0 saturated heterocycles. The van der Waals surface area contributed by atoms with Crippen molar-refractivity contribution < 1.29 is 4.42 Å². The first-order valence-corrected chi connectivity index (χ1v) is 24.3. The molecule has 0 aliphatic heterocycles. The van der Waals surface area contributed by atoms with Crippen LogP contribution in [0.25, 0.3) is 120 Å². The van der Waals surface area contributed by atoms with Crippen LogP contribution in [0.3, 0.4) is 0 Å². The third-order valence-corrected chi connectivity index (χ3v) is 15.5. The summed E-state index contributed by atoms with van der Waals surface area (Å²) in [6, 6.07) is 94.7. The topological polar surface area (TPSA) is 13.1 Å². The van der Waals surface area contributed by atoms with Crippen LogP contribution in [0.4, 0.5) is 0 Å². The van der Waals surface area contributed by atoms with Gasteiger partial charge < -0.3 is 4.42 Å². The lowest BCUT2D eigenvalue weighted by Gasteiger charge is -2.35. The van der Waals surface area contributed by atoms with Crippen LogP contribution in [0.5, 0.6) is 0 Å². The van der Waals surface area contributed by atoms with Crippen LogP contribution in [-0.4, -0.2) is 0 Å². The molecule has 1 heterocycles. The second-order valence-electron chi connectivity index (χ2n) is 18.9. The predicted molar refractivity (Wildman–Crippen MR) is 295 cm³/mol. The molecular formula is C69H42O. The Morgan fingerprint density at radius 1 is 0.243 bits per heavy atom. The van der Waals surface area contributed by atoms with Crippen molar-refractivity contribution in [3.8, 4) is 44.5 Å². The van der Waals surface area contributed by atoms with Crippen LogP contribution in [0.15, 0.2) is 259 Å². The molecular weight excluding hydrogens is 845 g/mol. The lowest BCUT2D eigenvalue weighted by atomic mass is 9.66. The van der Waals surface area contributed by atoms with Gasteiger partial charge in [-0.25, -0.2) is 0 Å². The summed E-state index contributed by atoms with van der Waals surface area (Å²) in [6.45, 7) is 0. The number of furan rings is 1. The summed E-state index contributed by atoms with van der Waals surface area (Å²) >= 11 is 0. The Labute approximate surface area is 405 Å². The van der Waals surface area contributed by atoms with E-state index >= 15 is 0 Å². The molecule has 0 unspecified atom stereocenters. The van der Waals surface area contributed by atoms with Crippen LogP contribution >= 0.6 is 0 Å². The number of hydrogen-bond donors (Lipinski definition) is 0. The van der Waals surface area contributed by atoms with Crippen molar-refractivity contribution in [2.75, 3.05) is 0 Å². The number of para-hydroxylation sites is 1. The fraction of sp³-hybridized carbons (Fsp3) is 0.0145. The summed E-state index contributed by atoms with van der Waals surface area (Å²) in [6.07, 6.45) is 0. The van der Waals surface area contributed by atoms with Crippen molar-refractivity contribution in [2.45, 2.75) is 5.41 Å². The van der Waals surface area contributed by atoms with Crippen molar-refractivity contribution >= 4 is 75.8 Å². The third kappa shape index (κ3) is 5.38. The van der Waals surface area contributed by atoms with E-state index in [1.807, 2.05) is 6.07 Å². The molecule has 0 N–H and O–H groups in total. The summed E-state index contributed by atoms with van der Waals surface area (Å²) in [5, 5.41) is 14.8. The molecule has 14 aromatic rings. The summed E-state index contributed by atoms with van der Waals surface area (Å²) in [5.41, 5.74) is 16.3. The Kier molecular flexibility index (Phi) is 8.35. The van der Waals surface area contributed by atoms with Gasteiger partial charge in [-0.15, -0.1) is 0 Å². The standard InChI is InChI=1S/C69H42O/c1-3-22-46(23-4-1)69(47-24-5-2-6-25-47)61-42-59(50-28-8-10-30-52(50)66(61)67-53-31-11-7-26-48(53)49-27-9-16-36-58(49)68(67)69)43-20-19-21-44(40-43)64-54-32-12-14-34-56(54)65(57-35-15-13-33-55(57)64)45-38-39-63-60(41-45)51-29-17-18-37-62(51)70-63/h1-42H. The van der Waals surface area contributed by atoms with E-state index in [1.165, 1.54) is 121 Å². The van der Waals surface area contributed by atoms with Gasteiger partial charge in [0, 0.05) is 10.8 Å². The Morgan fingerprint density at radius 3 is 1.27 bits per heavy atom. The van der Waals surface area contributed by atoms with Crippen molar-refractivity contribution in [3.63, 3.8) is 0 Å². The average Bonchev–Trinajstić information content (AvgIpc) is 3.97. The Hall–Kier alpha value is -9.04. The van der Waals surface area contributed by atoms with Crippen molar-refractivity contribution in [2.24, 2.45) is 0 Å². The summed E-state index contributed by atoms with van der Waals surface area (Å²) in [5.74, 6) is 0. The highest BCUT2D eigenvalue weighted by Gasteiger charge is 2.49. The predicted octanol–water partition coefficient (Wildman–Crippen LogP) is 18.7. The largest absolute Gasteiger partial charge is 0.456 e. The molecule has 1 aromatic heterocycles. The Morgan fingerprint density at radius 2 is 0.671 bits per heavy atom. The van der Waals surface area contributed by atoms with Crippen molar-refractivity contribution in [1.29, 1.82) is 0 Å². The van der Waals surface area contributed by atoms with Crippen molar-refractivity contribution in [3.05, 3.63) is 277 Å².